The molecular weight excluding hydrogens is 248 g/mol. The molecule has 0 saturated carbocycles. The number of hydrogen-bond donors (Lipinski definition) is 3. The van der Waals surface area contributed by atoms with Gasteiger partial charge in [-0.15, -0.1) is 0 Å². The number of H-pyrrole nitrogens is 1. The highest BCUT2D eigenvalue weighted by molar-refractivity contribution is 6.04. The number of nitrogens with one attached hydrogen (secondary N) is 2. The molecule has 4 N–H and O–H groups in total. The van der Waals surface area contributed by atoms with Crippen molar-refractivity contribution in [1.29, 1.82) is 0 Å². The van der Waals surface area contributed by atoms with Gasteiger partial charge >= 0.3 is 0 Å². The Morgan fingerprint density at radius 3 is 2.63 bits per heavy atom. The number of amides is 1. The molecule has 1 aromatic carbocycles. The molecule has 0 aliphatic rings. The fourth-order valence-corrected chi connectivity index (χ4v) is 1.43. The van der Waals surface area contributed by atoms with Gasteiger partial charge < -0.3 is 15.8 Å². The Labute approximate surface area is 108 Å². The normalized spacial score (nSPS) is 9.95. The molecule has 0 radical (unpaired) electrons. The average molecular weight is 260 g/mol. The van der Waals surface area contributed by atoms with Crippen LogP contribution in [0.3, 0.4) is 0 Å². The quantitative estimate of drug-likeness (QED) is 0.749. The van der Waals surface area contributed by atoms with Crippen molar-refractivity contribution in [2.24, 2.45) is 0 Å². The predicted octanol–water partition coefficient (Wildman–Crippen LogP) is 0.613. The van der Waals surface area contributed by atoms with Gasteiger partial charge in [-0.05, 0) is 24.3 Å². The molecule has 0 atom stereocenters. The maximum absolute atomic E-state index is 11.9. The van der Waals surface area contributed by atoms with Crippen LogP contribution in [0.4, 0.5) is 11.6 Å². The van der Waals surface area contributed by atoms with E-state index in [9.17, 15) is 9.59 Å². The number of carbonyl (C=O) groups excluding carboxylic acids is 1. The highest BCUT2D eigenvalue weighted by Crippen LogP contribution is 2.12. The number of nitrogens with two attached hydrogens (primary N) is 1. The molecule has 0 aliphatic carbocycles. The number of carbonyl (C=O) groups is 1. The summed E-state index contributed by atoms with van der Waals surface area (Å²) in [5, 5.41) is 2.45. The highest BCUT2D eigenvalue weighted by atomic mass is 16.5. The van der Waals surface area contributed by atoms with Crippen LogP contribution in [-0.2, 0) is 0 Å². The monoisotopic (exact) mass is 260 g/mol. The third-order valence-corrected chi connectivity index (χ3v) is 2.42. The average Bonchev–Trinajstić information content (AvgIpc) is 2.42. The van der Waals surface area contributed by atoms with Crippen LogP contribution in [0.5, 0.6) is 5.75 Å². The number of benzene rings is 1. The molecule has 7 nitrogen and oxygen atoms in total. The molecule has 0 saturated heterocycles. The number of hydrogen-bond acceptors (Lipinski definition) is 5. The molecule has 0 fully saturated rings. The van der Waals surface area contributed by atoms with E-state index in [1.54, 1.807) is 24.3 Å². The highest BCUT2D eigenvalue weighted by Gasteiger charge is 2.09. The lowest BCUT2D eigenvalue weighted by atomic mass is 10.2. The lowest BCUT2D eigenvalue weighted by Crippen LogP contribution is -2.21. The summed E-state index contributed by atoms with van der Waals surface area (Å²) < 4.78 is 4.99. The Morgan fingerprint density at radius 2 is 2.05 bits per heavy atom. The molecular formula is C12H12N4O3. The van der Waals surface area contributed by atoms with E-state index < -0.39 is 11.5 Å². The van der Waals surface area contributed by atoms with E-state index in [0.717, 1.165) is 0 Å². The van der Waals surface area contributed by atoms with Crippen LogP contribution >= 0.6 is 0 Å². The first kappa shape index (κ1) is 12.6. The van der Waals surface area contributed by atoms with Crippen molar-refractivity contribution >= 4 is 17.5 Å². The molecule has 0 spiro atoms. The molecule has 1 heterocycles. The number of aromatic amines is 1. The minimum Gasteiger partial charge on any atom is -0.497 e. The molecule has 0 bridgehead atoms. The maximum atomic E-state index is 11.9. The lowest BCUT2D eigenvalue weighted by molar-refractivity contribution is 0.102. The van der Waals surface area contributed by atoms with Crippen LogP contribution in [0.15, 0.2) is 35.3 Å². The van der Waals surface area contributed by atoms with Crippen molar-refractivity contribution in [2.75, 3.05) is 18.2 Å². The first-order valence-corrected chi connectivity index (χ1v) is 5.40. The van der Waals surface area contributed by atoms with E-state index >= 15 is 0 Å². The van der Waals surface area contributed by atoms with Gasteiger partial charge in [-0.25, -0.2) is 4.98 Å². The summed E-state index contributed by atoms with van der Waals surface area (Å²) in [6.07, 6.45) is 1.20. The molecule has 7 heteroatoms. The van der Waals surface area contributed by atoms with E-state index in [0.29, 0.717) is 11.3 Å². The molecule has 1 amide bonds. The summed E-state index contributed by atoms with van der Waals surface area (Å²) in [5.74, 6) is 0.218. The van der Waals surface area contributed by atoms with E-state index in [-0.39, 0.29) is 11.6 Å². The Hall–Kier alpha value is -2.83. The fourth-order valence-electron chi connectivity index (χ4n) is 1.43. The van der Waals surface area contributed by atoms with Crippen LogP contribution in [0.25, 0.3) is 0 Å². The van der Waals surface area contributed by atoms with Gasteiger partial charge in [0.25, 0.3) is 11.5 Å². The number of nitrogen functional groups attached to an aromatic ring is 1. The second-order valence-electron chi connectivity index (χ2n) is 3.69. The summed E-state index contributed by atoms with van der Waals surface area (Å²) in [6, 6.07) is 6.49. The smallest absolute Gasteiger partial charge is 0.276 e. The first-order valence-electron chi connectivity index (χ1n) is 5.40. The second-order valence-corrected chi connectivity index (χ2v) is 3.69. The topological polar surface area (TPSA) is 110 Å². The van der Waals surface area contributed by atoms with E-state index in [1.165, 1.54) is 13.3 Å². The van der Waals surface area contributed by atoms with Gasteiger partial charge in [0.05, 0.1) is 13.3 Å². The van der Waals surface area contributed by atoms with Gasteiger partial charge in [0.2, 0.25) is 0 Å². The van der Waals surface area contributed by atoms with Crippen LogP contribution in [0.2, 0.25) is 0 Å². The number of anilines is 2. The summed E-state index contributed by atoms with van der Waals surface area (Å²) >= 11 is 0. The van der Waals surface area contributed by atoms with Gasteiger partial charge in [-0.3, -0.25) is 14.6 Å². The van der Waals surface area contributed by atoms with Gasteiger partial charge in [0.15, 0.2) is 5.95 Å². The molecule has 19 heavy (non-hydrogen) atoms. The number of ether oxygens (including phenoxy) is 1. The van der Waals surface area contributed by atoms with E-state index in [2.05, 4.69) is 15.3 Å². The summed E-state index contributed by atoms with van der Waals surface area (Å²) in [7, 11) is 1.54. The molecule has 0 aliphatic heterocycles. The summed E-state index contributed by atoms with van der Waals surface area (Å²) in [6.45, 7) is 0. The SMILES string of the molecule is COc1ccc(C(=O)Nc2cnc(N)[nH]c2=O)cc1. The first-order chi connectivity index (χ1) is 9.10. The van der Waals surface area contributed by atoms with Gasteiger partial charge in [0.1, 0.15) is 11.4 Å². The molecule has 2 aromatic rings. The Kier molecular flexibility index (Phi) is 3.46. The van der Waals surface area contributed by atoms with Gasteiger partial charge in [0, 0.05) is 5.56 Å². The third-order valence-electron chi connectivity index (χ3n) is 2.42. The number of aromatic nitrogens is 2. The molecule has 98 valence electrons. The van der Waals surface area contributed by atoms with Crippen molar-refractivity contribution in [3.05, 3.63) is 46.4 Å². The second kappa shape index (κ2) is 5.21. The lowest BCUT2D eigenvalue weighted by Gasteiger charge is -2.05. The zero-order valence-corrected chi connectivity index (χ0v) is 10.1. The zero-order chi connectivity index (χ0) is 13.8. The van der Waals surface area contributed by atoms with Gasteiger partial charge in [-0.2, -0.15) is 0 Å². The molecule has 1 aromatic heterocycles. The van der Waals surface area contributed by atoms with Crippen molar-refractivity contribution < 1.29 is 9.53 Å². The number of nitrogens with zero attached hydrogens (tertiary/aromatic N) is 1. The Bertz CT molecular complexity index is 649. The number of rotatable bonds is 3. The third kappa shape index (κ3) is 2.89. The molecule has 0 unspecified atom stereocenters. The van der Waals surface area contributed by atoms with E-state index in [1.807, 2.05) is 0 Å². The van der Waals surface area contributed by atoms with Crippen molar-refractivity contribution in [3.63, 3.8) is 0 Å². The predicted molar refractivity (Wildman–Crippen MR) is 70.2 cm³/mol. The van der Waals surface area contributed by atoms with Crippen LogP contribution < -0.4 is 21.3 Å². The van der Waals surface area contributed by atoms with Crippen molar-refractivity contribution in [1.82, 2.24) is 9.97 Å². The molecule has 2 rings (SSSR count). The van der Waals surface area contributed by atoms with Crippen molar-refractivity contribution in [2.45, 2.75) is 0 Å². The van der Waals surface area contributed by atoms with Crippen LogP contribution in [0, 0.1) is 0 Å². The van der Waals surface area contributed by atoms with Gasteiger partial charge in [-0.1, -0.05) is 0 Å². The van der Waals surface area contributed by atoms with Crippen LogP contribution in [-0.4, -0.2) is 23.0 Å². The van der Waals surface area contributed by atoms with Crippen molar-refractivity contribution in [3.8, 4) is 5.75 Å². The number of methoxy groups -OCH3 is 1. The van der Waals surface area contributed by atoms with E-state index in [4.69, 9.17) is 10.5 Å². The Morgan fingerprint density at radius 1 is 1.37 bits per heavy atom. The summed E-state index contributed by atoms with van der Waals surface area (Å²) in [4.78, 5) is 29.4. The van der Waals surface area contributed by atoms with Crippen LogP contribution in [0.1, 0.15) is 10.4 Å². The minimum atomic E-state index is -0.505. The minimum absolute atomic E-state index is 0.00699. The fraction of sp³-hybridized carbons (Fsp3) is 0.0833. The summed E-state index contributed by atoms with van der Waals surface area (Å²) in [5.41, 5.74) is 5.24. The Balaban J connectivity index is 2.18. The zero-order valence-electron chi connectivity index (χ0n) is 10.1. The standard InChI is InChI=1S/C12H12N4O3/c1-19-8-4-2-7(3-5-8)10(17)15-9-6-14-12(13)16-11(9)18/h2-6H,1H3,(H,15,17)(H3,13,14,16,18). The largest absolute Gasteiger partial charge is 0.497 e. The maximum Gasteiger partial charge on any atom is 0.276 e.